The van der Waals surface area contributed by atoms with Crippen LogP contribution in [0.25, 0.3) is 0 Å². The van der Waals surface area contributed by atoms with Crippen molar-refractivity contribution in [3.05, 3.63) is 0 Å². The highest BCUT2D eigenvalue weighted by Gasteiger charge is 2.29. The highest BCUT2D eigenvalue weighted by Crippen LogP contribution is 2.21. The molecule has 2 N–H and O–H groups in total. The summed E-state index contributed by atoms with van der Waals surface area (Å²) in [7, 11) is 0. The van der Waals surface area contributed by atoms with Crippen LogP contribution in [-0.2, 0) is 4.79 Å². The molecule has 1 saturated heterocycles. The van der Waals surface area contributed by atoms with Crippen molar-refractivity contribution in [1.29, 1.82) is 0 Å². The number of nitrogens with two attached hydrogens (primary N) is 1. The molecule has 0 saturated carbocycles. The fraction of sp³-hybridized carbons (Fsp3) is 0.889. The minimum Gasteiger partial charge on any atom is -0.339 e. The van der Waals surface area contributed by atoms with Crippen LogP contribution < -0.4 is 5.73 Å². The molecule has 1 aliphatic heterocycles. The SMILES string of the molecule is CC(C)(C)CC(=O)N1CC(N)C1. The molecule has 1 amide bonds. The topological polar surface area (TPSA) is 46.3 Å². The largest absolute Gasteiger partial charge is 0.339 e. The van der Waals surface area contributed by atoms with Crippen molar-refractivity contribution in [1.82, 2.24) is 4.90 Å². The van der Waals surface area contributed by atoms with Crippen LogP contribution in [0, 0.1) is 5.41 Å². The summed E-state index contributed by atoms with van der Waals surface area (Å²) in [4.78, 5) is 13.3. The molecule has 0 aromatic heterocycles. The number of carbonyl (C=O) groups is 1. The lowest BCUT2D eigenvalue weighted by molar-refractivity contribution is -0.137. The summed E-state index contributed by atoms with van der Waals surface area (Å²) in [6, 6.07) is 0.217. The summed E-state index contributed by atoms with van der Waals surface area (Å²) < 4.78 is 0. The Labute approximate surface area is 73.9 Å². The number of amides is 1. The molecule has 1 heterocycles. The van der Waals surface area contributed by atoms with Crippen LogP contribution in [0.1, 0.15) is 27.2 Å². The standard InChI is InChI=1S/C9H18N2O/c1-9(2,3)4-8(12)11-5-7(10)6-11/h7H,4-6,10H2,1-3H3. The van der Waals surface area contributed by atoms with Gasteiger partial charge in [-0.1, -0.05) is 20.8 Å². The van der Waals surface area contributed by atoms with Gasteiger partial charge in [0.2, 0.25) is 5.91 Å². The number of likely N-dealkylation sites (tertiary alicyclic amines) is 1. The van der Waals surface area contributed by atoms with Crippen molar-refractivity contribution in [3.8, 4) is 0 Å². The van der Waals surface area contributed by atoms with E-state index < -0.39 is 0 Å². The molecule has 3 heteroatoms. The first-order valence-corrected chi connectivity index (χ1v) is 4.42. The van der Waals surface area contributed by atoms with Crippen molar-refractivity contribution in [2.75, 3.05) is 13.1 Å². The minimum absolute atomic E-state index is 0.0940. The van der Waals surface area contributed by atoms with Gasteiger partial charge in [0.15, 0.2) is 0 Å². The molecule has 0 aromatic carbocycles. The molecule has 0 radical (unpaired) electrons. The zero-order chi connectivity index (χ0) is 9.35. The summed E-state index contributed by atoms with van der Waals surface area (Å²) in [5.41, 5.74) is 5.67. The Kier molecular flexibility index (Phi) is 2.42. The Balaban J connectivity index is 2.30. The zero-order valence-corrected chi connectivity index (χ0v) is 8.13. The van der Waals surface area contributed by atoms with Crippen LogP contribution in [0.5, 0.6) is 0 Å². The fourth-order valence-electron chi connectivity index (χ4n) is 1.28. The minimum atomic E-state index is 0.0940. The molecule has 70 valence electrons. The van der Waals surface area contributed by atoms with Crippen LogP contribution in [-0.4, -0.2) is 29.9 Å². The molecule has 0 unspecified atom stereocenters. The summed E-state index contributed by atoms with van der Waals surface area (Å²) in [5, 5.41) is 0. The van der Waals surface area contributed by atoms with E-state index >= 15 is 0 Å². The van der Waals surface area contributed by atoms with E-state index in [0.29, 0.717) is 6.42 Å². The first kappa shape index (κ1) is 9.52. The number of rotatable bonds is 1. The maximum Gasteiger partial charge on any atom is 0.223 e. The predicted octanol–water partition coefficient (Wildman–Crippen LogP) is 0.592. The van der Waals surface area contributed by atoms with Crippen molar-refractivity contribution >= 4 is 5.91 Å². The molecule has 0 atom stereocenters. The van der Waals surface area contributed by atoms with Gasteiger partial charge in [0.05, 0.1) is 0 Å². The lowest BCUT2D eigenvalue weighted by Crippen LogP contribution is -2.58. The van der Waals surface area contributed by atoms with Gasteiger partial charge in [-0.25, -0.2) is 0 Å². The molecule has 1 rings (SSSR count). The molecule has 1 aliphatic rings. The molecular formula is C9H18N2O. The van der Waals surface area contributed by atoms with Gasteiger partial charge in [0.25, 0.3) is 0 Å². The molecular weight excluding hydrogens is 152 g/mol. The molecule has 1 fully saturated rings. The van der Waals surface area contributed by atoms with Crippen LogP contribution in [0.15, 0.2) is 0 Å². The van der Waals surface area contributed by atoms with E-state index in [1.165, 1.54) is 0 Å². The first-order valence-electron chi connectivity index (χ1n) is 4.42. The Morgan fingerprint density at radius 1 is 1.50 bits per heavy atom. The summed E-state index contributed by atoms with van der Waals surface area (Å²) in [6.45, 7) is 7.71. The van der Waals surface area contributed by atoms with Gasteiger partial charge in [0, 0.05) is 25.6 Å². The smallest absolute Gasteiger partial charge is 0.223 e. The van der Waals surface area contributed by atoms with Crippen molar-refractivity contribution in [3.63, 3.8) is 0 Å². The van der Waals surface area contributed by atoms with Gasteiger partial charge in [-0.3, -0.25) is 4.79 Å². The molecule has 3 nitrogen and oxygen atoms in total. The Morgan fingerprint density at radius 2 is 2.00 bits per heavy atom. The van der Waals surface area contributed by atoms with E-state index in [0.717, 1.165) is 13.1 Å². The molecule has 0 bridgehead atoms. The van der Waals surface area contributed by atoms with E-state index in [9.17, 15) is 4.79 Å². The average molecular weight is 170 g/mol. The van der Waals surface area contributed by atoms with Crippen LogP contribution >= 0.6 is 0 Å². The highest BCUT2D eigenvalue weighted by atomic mass is 16.2. The number of hydrogen-bond donors (Lipinski definition) is 1. The molecule has 12 heavy (non-hydrogen) atoms. The lowest BCUT2D eigenvalue weighted by atomic mass is 9.91. The summed E-state index contributed by atoms with van der Waals surface area (Å²) in [5.74, 6) is 0.240. The van der Waals surface area contributed by atoms with Gasteiger partial charge in [-0.15, -0.1) is 0 Å². The molecule has 0 aliphatic carbocycles. The fourth-order valence-corrected chi connectivity index (χ4v) is 1.28. The quantitative estimate of drug-likeness (QED) is 0.626. The average Bonchev–Trinajstić information content (AvgIpc) is 1.76. The summed E-state index contributed by atoms with van der Waals surface area (Å²) >= 11 is 0. The maximum absolute atomic E-state index is 11.5. The van der Waals surface area contributed by atoms with Crippen molar-refractivity contribution in [2.24, 2.45) is 11.1 Å². The Bertz CT molecular complexity index is 177. The zero-order valence-electron chi connectivity index (χ0n) is 8.13. The molecule has 0 aromatic rings. The normalized spacial score (nSPS) is 19.2. The maximum atomic E-state index is 11.5. The third-order valence-electron chi connectivity index (χ3n) is 1.94. The lowest BCUT2D eigenvalue weighted by Gasteiger charge is -2.38. The third kappa shape index (κ3) is 2.48. The van der Waals surface area contributed by atoms with Gasteiger partial charge < -0.3 is 10.6 Å². The van der Waals surface area contributed by atoms with Gasteiger partial charge in [-0.2, -0.15) is 0 Å². The van der Waals surface area contributed by atoms with Crippen LogP contribution in [0.3, 0.4) is 0 Å². The van der Waals surface area contributed by atoms with Crippen molar-refractivity contribution < 1.29 is 4.79 Å². The van der Waals surface area contributed by atoms with E-state index in [1.54, 1.807) is 0 Å². The second-order valence-electron chi connectivity index (χ2n) is 4.80. The predicted molar refractivity (Wildman–Crippen MR) is 48.6 cm³/mol. The highest BCUT2D eigenvalue weighted by molar-refractivity contribution is 5.77. The second kappa shape index (κ2) is 3.05. The Morgan fingerprint density at radius 3 is 2.33 bits per heavy atom. The third-order valence-corrected chi connectivity index (χ3v) is 1.94. The van der Waals surface area contributed by atoms with Crippen molar-refractivity contribution in [2.45, 2.75) is 33.2 Å². The monoisotopic (exact) mass is 170 g/mol. The number of hydrogen-bond acceptors (Lipinski definition) is 2. The molecule has 0 spiro atoms. The summed E-state index contributed by atoms with van der Waals surface area (Å²) in [6.07, 6.45) is 0.625. The first-order chi connectivity index (χ1) is 5.38. The number of nitrogens with zero attached hydrogens (tertiary/aromatic N) is 1. The van der Waals surface area contributed by atoms with E-state index in [-0.39, 0.29) is 17.4 Å². The van der Waals surface area contributed by atoms with Gasteiger partial charge in [0.1, 0.15) is 0 Å². The van der Waals surface area contributed by atoms with Crippen LogP contribution in [0.2, 0.25) is 0 Å². The van der Waals surface area contributed by atoms with E-state index in [1.807, 2.05) is 4.90 Å². The van der Waals surface area contributed by atoms with Gasteiger partial charge >= 0.3 is 0 Å². The van der Waals surface area contributed by atoms with Crippen LogP contribution in [0.4, 0.5) is 0 Å². The Hall–Kier alpha value is -0.570. The van der Waals surface area contributed by atoms with Gasteiger partial charge in [-0.05, 0) is 5.41 Å². The van der Waals surface area contributed by atoms with E-state index in [2.05, 4.69) is 20.8 Å². The number of carbonyl (C=O) groups excluding carboxylic acids is 1. The second-order valence-corrected chi connectivity index (χ2v) is 4.80. The van der Waals surface area contributed by atoms with E-state index in [4.69, 9.17) is 5.73 Å².